The van der Waals surface area contributed by atoms with Crippen LogP contribution in [-0.4, -0.2) is 26.9 Å². The molecule has 0 aliphatic rings. The molecule has 0 aliphatic carbocycles. The van der Waals surface area contributed by atoms with Crippen molar-refractivity contribution >= 4 is 22.4 Å². The van der Waals surface area contributed by atoms with E-state index >= 15 is 0 Å². The first-order valence-electron chi connectivity index (χ1n) is 5.54. The van der Waals surface area contributed by atoms with E-state index in [1.54, 1.807) is 13.8 Å². The lowest BCUT2D eigenvalue weighted by Crippen LogP contribution is -2.45. The van der Waals surface area contributed by atoms with Crippen molar-refractivity contribution in [3.63, 3.8) is 0 Å². The Kier molecular flexibility index (Phi) is 6.49. The zero-order valence-electron chi connectivity index (χ0n) is 11.3. The first-order chi connectivity index (χ1) is 8.91. The van der Waals surface area contributed by atoms with Gasteiger partial charge in [0, 0.05) is 12.1 Å². The van der Waals surface area contributed by atoms with Gasteiger partial charge in [-0.25, -0.2) is 13.1 Å². The van der Waals surface area contributed by atoms with Crippen molar-refractivity contribution in [2.24, 2.45) is 5.73 Å². The summed E-state index contributed by atoms with van der Waals surface area (Å²) in [4.78, 5) is -0.596. The third-order valence-electron chi connectivity index (χ3n) is 2.08. The highest BCUT2D eigenvalue weighted by atomic mass is 35.5. The molecule has 0 saturated carbocycles. The molecule has 1 aromatic rings. The molecule has 122 valence electrons. The van der Waals surface area contributed by atoms with Crippen LogP contribution in [0.5, 0.6) is 5.75 Å². The summed E-state index contributed by atoms with van der Waals surface area (Å²) in [5.74, 6) is -0.790. The van der Waals surface area contributed by atoms with E-state index in [4.69, 9.17) is 5.73 Å². The zero-order chi connectivity index (χ0) is 15.6. The number of hydrogen-bond acceptors (Lipinski definition) is 4. The van der Waals surface area contributed by atoms with Crippen LogP contribution in [0.15, 0.2) is 29.2 Å². The second kappa shape index (κ2) is 6.82. The molecule has 10 heteroatoms. The van der Waals surface area contributed by atoms with Crippen LogP contribution in [0, 0.1) is 0 Å². The topological polar surface area (TPSA) is 81.4 Å². The van der Waals surface area contributed by atoms with Crippen LogP contribution in [-0.2, 0) is 10.0 Å². The fourth-order valence-corrected chi connectivity index (χ4v) is 2.59. The van der Waals surface area contributed by atoms with Gasteiger partial charge in [-0.05, 0) is 26.0 Å². The van der Waals surface area contributed by atoms with Gasteiger partial charge in [0.15, 0.2) is 0 Å². The first kappa shape index (κ1) is 20.0. The Hall–Kier alpha value is -1.03. The Labute approximate surface area is 127 Å². The molecule has 0 aliphatic heterocycles. The Bertz CT molecular complexity index is 571. The second-order valence-electron chi connectivity index (χ2n) is 4.81. The van der Waals surface area contributed by atoms with Crippen molar-refractivity contribution in [3.05, 3.63) is 24.3 Å². The highest BCUT2D eigenvalue weighted by molar-refractivity contribution is 7.89. The summed E-state index contributed by atoms with van der Waals surface area (Å²) < 4.78 is 66.5. The van der Waals surface area contributed by atoms with Crippen molar-refractivity contribution in [2.75, 3.05) is 6.54 Å². The molecule has 0 fully saturated rings. The van der Waals surface area contributed by atoms with Gasteiger partial charge in [0.1, 0.15) is 10.6 Å². The molecule has 1 rings (SSSR count). The van der Waals surface area contributed by atoms with Crippen LogP contribution >= 0.6 is 12.4 Å². The molecule has 3 N–H and O–H groups in total. The second-order valence-corrected chi connectivity index (χ2v) is 6.54. The number of hydrogen-bond donors (Lipinski definition) is 2. The molecule has 21 heavy (non-hydrogen) atoms. The van der Waals surface area contributed by atoms with Gasteiger partial charge in [0.05, 0.1) is 0 Å². The summed E-state index contributed by atoms with van der Waals surface area (Å²) in [5, 5.41) is 0. The maximum absolute atomic E-state index is 12.2. The van der Waals surface area contributed by atoms with Crippen LogP contribution in [0.4, 0.5) is 13.2 Å². The molecule has 0 bridgehead atoms. The Morgan fingerprint density at radius 3 is 2.24 bits per heavy atom. The van der Waals surface area contributed by atoms with Gasteiger partial charge in [-0.1, -0.05) is 12.1 Å². The number of benzene rings is 1. The van der Waals surface area contributed by atoms with Gasteiger partial charge >= 0.3 is 6.36 Å². The van der Waals surface area contributed by atoms with Crippen LogP contribution in [0.3, 0.4) is 0 Å². The predicted octanol–water partition coefficient (Wildman–Crippen LogP) is 2.02. The van der Waals surface area contributed by atoms with Crippen molar-refractivity contribution in [1.29, 1.82) is 0 Å². The van der Waals surface area contributed by atoms with Gasteiger partial charge in [0.25, 0.3) is 0 Å². The van der Waals surface area contributed by atoms with Crippen LogP contribution < -0.4 is 15.2 Å². The Morgan fingerprint density at radius 2 is 1.76 bits per heavy atom. The smallest absolute Gasteiger partial charge is 0.404 e. The number of ether oxygens (including phenoxy) is 1. The maximum Gasteiger partial charge on any atom is 0.573 e. The lowest BCUT2D eigenvalue weighted by Gasteiger charge is -2.20. The molecular weight excluding hydrogens is 333 g/mol. The van der Waals surface area contributed by atoms with Crippen LogP contribution in [0.25, 0.3) is 0 Å². The number of para-hydroxylation sites is 1. The van der Waals surface area contributed by atoms with Crippen molar-refractivity contribution < 1.29 is 26.3 Å². The zero-order valence-corrected chi connectivity index (χ0v) is 12.9. The Morgan fingerprint density at radius 1 is 1.24 bits per heavy atom. The van der Waals surface area contributed by atoms with Crippen molar-refractivity contribution in [1.82, 2.24) is 4.72 Å². The van der Waals surface area contributed by atoms with Gasteiger partial charge in [-0.2, -0.15) is 0 Å². The lowest BCUT2D eigenvalue weighted by molar-refractivity contribution is -0.275. The van der Waals surface area contributed by atoms with E-state index in [2.05, 4.69) is 9.46 Å². The minimum atomic E-state index is -4.97. The predicted molar refractivity (Wildman–Crippen MR) is 73.8 cm³/mol. The average molecular weight is 349 g/mol. The molecule has 0 unspecified atom stereocenters. The lowest BCUT2D eigenvalue weighted by atomic mass is 10.1. The molecule has 1 aromatic carbocycles. The monoisotopic (exact) mass is 348 g/mol. The van der Waals surface area contributed by atoms with E-state index in [0.29, 0.717) is 0 Å². The summed E-state index contributed by atoms with van der Waals surface area (Å²) in [5.41, 5.74) is 4.78. The molecule has 0 saturated heterocycles. The van der Waals surface area contributed by atoms with Crippen molar-refractivity contribution in [2.45, 2.75) is 30.6 Å². The largest absolute Gasteiger partial charge is 0.573 e. The summed E-state index contributed by atoms with van der Waals surface area (Å²) in [6.45, 7) is 3.02. The van der Waals surface area contributed by atoms with E-state index in [9.17, 15) is 21.6 Å². The minimum Gasteiger partial charge on any atom is -0.404 e. The van der Waals surface area contributed by atoms with Gasteiger partial charge in [-0.3, -0.25) is 0 Å². The number of halogens is 4. The van der Waals surface area contributed by atoms with Crippen LogP contribution in [0.2, 0.25) is 0 Å². The fraction of sp³-hybridized carbons (Fsp3) is 0.455. The highest BCUT2D eigenvalue weighted by Gasteiger charge is 2.34. The molecule has 0 spiro atoms. The van der Waals surface area contributed by atoms with E-state index in [0.717, 1.165) is 12.1 Å². The fourth-order valence-electron chi connectivity index (χ4n) is 1.24. The molecule has 0 aromatic heterocycles. The number of nitrogens with one attached hydrogen (secondary N) is 1. The minimum absolute atomic E-state index is 0. The first-order valence-corrected chi connectivity index (χ1v) is 7.02. The molecule has 0 radical (unpaired) electrons. The number of nitrogens with two attached hydrogens (primary N) is 1. The van der Waals surface area contributed by atoms with Gasteiger partial charge in [0.2, 0.25) is 10.0 Å². The van der Waals surface area contributed by atoms with Gasteiger partial charge in [-0.15, -0.1) is 25.6 Å². The molecular formula is C11H16ClF3N2O3S. The third-order valence-corrected chi connectivity index (χ3v) is 3.52. The highest BCUT2D eigenvalue weighted by Crippen LogP contribution is 2.29. The maximum atomic E-state index is 12.2. The quantitative estimate of drug-likeness (QED) is 0.853. The summed E-state index contributed by atoms with van der Waals surface area (Å²) >= 11 is 0. The summed E-state index contributed by atoms with van der Waals surface area (Å²) in [7, 11) is -4.15. The normalized spacial score (nSPS) is 12.7. The number of alkyl halides is 3. The summed E-state index contributed by atoms with van der Waals surface area (Å²) in [6, 6.07) is 4.49. The van der Waals surface area contributed by atoms with Crippen LogP contribution in [0.1, 0.15) is 13.8 Å². The van der Waals surface area contributed by atoms with E-state index in [1.165, 1.54) is 12.1 Å². The van der Waals surface area contributed by atoms with E-state index < -0.39 is 32.6 Å². The average Bonchev–Trinajstić information content (AvgIpc) is 2.24. The summed E-state index contributed by atoms with van der Waals surface area (Å²) in [6.07, 6.45) is -4.97. The van der Waals surface area contributed by atoms with E-state index in [1.807, 2.05) is 0 Å². The third kappa shape index (κ3) is 6.98. The molecule has 5 nitrogen and oxygen atoms in total. The SMILES string of the molecule is CC(C)(N)CNS(=O)(=O)c1ccccc1OC(F)(F)F.Cl. The van der Waals surface area contributed by atoms with E-state index in [-0.39, 0.29) is 19.0 Å². The standard InChI is InChI=1S/C11H15F3N2O3S.ClH/c1-10(2,15)7-16-20(17,18)9-6-4-3-5-8(9)19-11(12,13)14;/h3-6,16H,7,15H2,1-2H3;1H. The van der Waals surface area contributed by atoms with Crippen molar-refractivity contribution in [3.8, 4) is 5.75 Å². The number of rotatable bonds is 5. The number of sulfonamides is 1. The van der Waals surface area contributed by atoms with Gasteiger partial charge < -0.3 is 10.5 Å². The molecule has 0 amide bonds. The Balaban J connectivity index is 0.00000400. The molecule has 0 heterocycles. The molecule has 0 atom stereocenters.